The van der Waals surface area contributed by atoms with Crippen LogP contribution in [-0.4, -0.2) is 54.8 Å². The largest absolute Gasteiger partial charge is 0.433 e. The van der Waals surface area contributed by atoms with Gasteiger partial charge in [-0.3, -0.25) is 4.99 Å². The van der Waals surface area contributed by atoms with Crippen molar-refractivity contribution < 1.29 is 17.9 Å². The van der Waals surface area contributed by atoms with Crippen molar-refractivity contribution >= 4 is 35.9 Å². The van der Waals surface area contributed by atoms with Gasteiger partial charge in [-0.25, -0.2) is 9.97 Å². The first-order valence-corrected chi connectivity index (χ1v) is 8.05. The van der Waals surface area contributed by atoms with Crippen LogP contribution in [0.15, 0.2) is 17.3 Å². The quantitative estimate of drug-likeness (QED) is 0.247. The summed E-state index contributed by atoms with van der Waals surface area (Å²) in [5.74, 6) is 0.537. The molecule has 2 rings (SSSR count). The van der Waals surface area contributed by atoms with Crippen LogP contribution in [0.2, 0.25) is 0 Å². The molecule has 1 aliphatic rings. The molecule has 3 N–H and O–H groups in total. The number of anilines is 1. The Morgan fingerprint density at radius 3 is 2.73 bits per heavy atom. The van der Waals surface area contributed by atoms with Gasteiger partial charge in [0.2, 0.25) is 5.95 Å². The van der Waals surface area contributed by atoms with Crippen LogP contribution in [0.4, 0.5) is 19.1 Å². The monoisotopic (exact) mass is 488 g/mol. The van der Waals surface area contributed by atoms with Crippen molar-refractivity contribution in [3.8, 4) is 0 Å². The minimum atomic E-state index is -4.48. The highest BCUT2D eigenvalue weighted by atomic mass is 127. The van der Waals surface area contributed by atoms with E-state index < -0.39 is 11.9 Å². The molecule has 0 amide bonds. The van der Waals surface area contributed by atoms with Gasteiger partial charge in [0.15, 0.2) is 5.96 Å². The normalized spacial score (nSPS) is 20.4. The summed E-state index contributed by atoms with van der Waals surface area (Å²) in [6, 6.07) is 0.834. The zero-order valence-electron chi connectivity index (χ0n) is 14.7. The molecule has 11 heteroatoms. The molecule has 1 fully saturated rings. The number of nitrogens with zero attached hydrogens (tertiary/aromatic N) is 3. The van der Waals surface area contributed by atoms with E-state index >= 15 is 0 Å². The summed E-state index contributed by atoms with van der Waals surface area (Å²) < 4.78 is 43.5. The number of hydrogen-bond acceptors (Lipinski definition) is 5. The minimum absolute atomic E-state index is 0. The third kappa shape index (κ3) is 7.09. The number of alkyl halides is 3. The molecule has 0 saturated carbocycles. The van der Waals surface area contributed by atoms with Crippen molar-refractivity contribution in [2.75, 3.05) is 38.6 Å². The Kier molecular flexibility index (Phi) is 8.80. The second-order valence-corrected chi connectivity index (χ2v) is 5.94. The molecule has 26 heavy (non-hydrogen) atoms. The van der Waals surface area contributed by atoms with Crippen LogP contribution in [0.25, 0.3) is 0 Å². The summed E-state index contributed by atoms with van der Waals surface area (Å²) in [6.07, 6.45) is -1.37. The fourth-order valence-corrected chi connectivity index (χ4v) is 2.42. The van der Waals surface area contributed by atoms with Gasteiger partial charge >= 0.3 is 6.18 Å². The molecular weight excluding hydrogens is 464 g/mol. The average molecular weight is 488 g/mol. The lowest BCUT2D eigenvalue weighted by molar-refractivity contribution is -0.141. The Morgan fingerprint density at radius 1 is 1.35 bits per heavy atom. The number of rotatable bonds is 6. The number of aromatic nitrogens is 2. The molecule has 1 aromatic rings. The van der Waals surface area contributed by atoms with Crippen LogP contribution >= 0.6 is 24.0 Å². The highest BCUT2D eigenvalue weighted by Gasteiger charge is 2.32. The van der Waals surface area contributed by atoms with Crippen LogP contribution in [0.5, 0.6) is 0 Å². The lowest BCUT2D eigenvalue weighted by atomic mass is 10.0. The van der Waals surface area contributed by atoms with Gasteiger partial charge in [0.25, 0.3) is 0 Å². The summed E-state index contributed by atoms with van der Waals surface area (Å²) in [6.45, 7) is 4.24. The first-order chi connectivity index (χ1) is 11.8. The topological polar surface area (TPSA) is 83.5 Å². The predicted molar refractivity (Wildman–Crippen MR) is 104 cm³/mol. The smallest absolute Gasteiger partial charge is 0.373 e. The van der Waals surface area contributed by atoms with Crippen LogP contribution in [-0.2, 0) is 10.9 Å². The number of hydrogen-bond donors (Lipinski definition) is 3. The van der Waals surface area contributed by atoms with E-state index in [4.69, 9.17) is 4.74 Å². The van der Waals surface area contributed by atoms with E-state index in [1.54, 1.807) is 7.05 Å². The van der Waals surface area contributed by atoms with Crippen molar-refractivity contribution in [3.63, 3.8) is 0 Å². The SMILES string of the molecule is CN=C(NCCNc1nccc(C(F)(F)F)n1)NCC1(C)CCCO1.I. The Hall–Kier alpha value is -1.37. The van der Waals surface area contributed by atoms with Gasteiger partial charge in [-0.05, 0) is 25.8 Å². The molecule has 1 atom stereocenters. The van der Waals surface area contributed by atoms with E-state index in [0.29, 0.717) is 25.6 Å². The second kappa shape index (κ2) is 10.1. The van der Waals surface area contributed by atoms with Crippen LogP contribution < -0.4 is 16.0 Å². The summed E-state index contributed by atoms with van der Waals surface area (Å²) in [7, 11) is 1.65. The van der Waals surface area contributed by atoms with Crippen LogP contribution in [0.3, 0.4) is 0 Å². The Balaban J connectivity index is 0.00000338. The second-order valence-electron chi connectivity index (χ2n) is 5.94. The molecule has 0 spiro atoms. The lowest BCUT2D eigenvalue weighted by Gasteiger charge is -2.24. The summed E-state index contributed by atoms with van der Waals surface area (Å²) >= 11 is 0. The van der Waals surface area contributed by atoms with Crippen molar-refractivity contribution in [3.05, 3.63) is 18.0 Å². The summed E-state index contributed by atoms with van der Waals surface area (Å²) in [5, 5.41) is 9.00. The van der Waals surface area contributed by atoms with Gasteiger partial charge in [-0.1, -0.05) is 0 Å². The van der Waals surface area contributed by atoms with E-state index in [0.717, 1.165) is 31.7 Å². The molecule has 0 radical (unpaired) electrons. The Labute approximate surface area is 167 Å². The first kappa shape index (κ1) is 22.7. The van der Waals surface area contributed by atoms with Gasteiger partial charge in [0, 0.05) is 39.5 Å². The maximum absolute atomic E-state index is 12.6. The molecule has 2 heterocycles. The van der Waals surface area contributed by atoms with Crippen LogP contribution in [0, 0.1) is 0 Å². The molecule has 0 aromatic carbocycles. The molecule has 1 aromatic heterocycles. The molecule has 1 aliphatic heterocycles. The zero-order valence-corrected chi connectivity index (χ0v) is 17.0. The molecule has 1 unspecified atom stereocenters. The molecule has 0 aliphatic carbocycles. The van der Waals surface area contributed by atoms with E-state index in [1.165, 1.54) is 0 Å². The van der Waals surface area contributed by atoms with Gasteiger partial charge in [0.05, 0.1) is 5.60 Å². The van der Waals surface area contributed by atoms with E-state index in [-0.39, 0.29) is 35.5 Å². The molecular formula is C15H24F3IN6O. The lowest BCUT2D eigenvalue weighted by Crippen LogP contribution is -2.46. The maximum atomic E-state index is 12.6. The fraction of sp³-hybridized carbons (Fsp3) is 0.667. The number of aliphatic imine (C=N–C) groups is 1. The van der Waals surface area contributed by atoms with E-state index in [1.807, 2.05) is 6.92 Å². The highest BCUT2D eigenvalue weighted by Crippen LogP contribution is 2.27. The maximum Gasteiger partial charge on any atom is 0.433 e. The molecule has 148 valence electrons. The highest BCUT2D eigenvalue weighted by molar-refractivity contribution is 14.0. The molecule has 1 saturated heterocycles. The third-order valence-electron chi connectivity index (χ3n) is 3.80. The standard InChI is InChI=1S/C15H23F3N6O.HI/c1-14(5-3-9-25-14)10-23-12(19-2)21-7-8-22-13-20-6-4-11(24-13)15(16,17)18;/h4,6H,3,5,7-10H2,1-2H3,(H2,19,21,23)(H,20,22,24);1H. The van der Waals surface area contributed by atoms with Crippen LogP contribution in [0.1, 0.15) is 25.5 Å². The Bertz CT molecular complexity index is 593. The number of ether oxygens (including phenoxy) is 1. The fourth-order valence-electron chi connectivity index (χ4n) is 2.42. The molecule has 0 bridgehead atoms. The van der Waals surface area contributed by atoms with Crippen molar-refractivity contribution in [1.82, 2.24) is 20.6 Å². The minimum Gasteiger partial charge on any atom is -0.373 e. The Morgan fingerprint density at radius 2 is 2.12 bits per heavy atom. The van der Waals surface area contributed by atoms with Gasteiger partial charge in [-0.2, -0.15) is 13.2 Å². The predicted octanol–water partition coefficient (Wildman–Crippen LogP) is 2.26. The summed E-state index contributed by atoms with van der Waals surface area (Å²) in [5.41, 5.74) is -1.16. The van der Waals surface area contributed by atoms with Gasteiger partial charge < -0.3 is 20.7 Å². The third-order valence-corrected chi connectivity index (χ3v) is 3.80. The van der Waals surface area contributed by atoms with Gasteiger partial charge in [-0.15, -0.1) is 24.0 Å². The number of halogens is 4. The van der Waals surface area contributed by atoms with E-state index in [9.17, 15) is 13.2 Å². The number of nitrogens with one attached hydrogen (secondary N) is 3. The van der Waals surface area contributed by atoms with E-state index in [2.05, 4.69) is 30.9 Å². The molecule has 7 nitrogen and oxygen atoms in total. The first-order valence-electron chi connectivity index (χ1n) is 8.05. The summed E-state index contributed by atoms with van der Waals surface area (Å²) in [4.78, 5) is 11.3. The average Bonchev–Trinajstić information content (AvgIpc) is 3.01. The van der Waals surface area contributed by atoms with Crippen molar-refractivity contribution in [2.45, 2.75) is 31.5 Å². The van der Waals surface area contributed by atoms with Crippen molar-refractivity contribution in [1.29, 1.82) is 0 Å². The zero-order chi connectivity index (χ0) is 18.3. The van der Waals surface area contributed by atoms with Gasteiger partial charge in [0.1, 0.15) is 5.69 Å². The number of guanidine groups is 1. The van der Waals surface area contributed by atoms with Crippen molar-refractivity contribution in [2.24, 2.45) is 4.99 Å².